The summed E-state index contributed by atoms with van der Waals surface area (Å²) in [6.45, 7) is 4.90. The Morgan fingerprint density at radius 2 is 2.31 bits per heavy atom. The average Bonchev–Trinajstić information content (AvgIpc) is 2.08. The second-order valence-electron chi connectivity index (χ2n) is 3.91. The molecule has 3 N–H and O–H groups in total. The first-order valence-corrected chi connectivity index (χ1v) is 4.74. The third-order valence-corrected chi connectivity index (χ3v) is 2.56. The van der Waals surface area contributed by atoms with Crippen molar-refractivity contribution in [2.24, 2.45) is 11.7 Å². The van der Waals surface area contributed by atoms with E-state index in [9.17, 15) is 9.90 Å². The summed E-state index contributed by atoms with van der Waals surface area (Å²) in [6.07, 6.45) is 0.400. The third kappa shape index (κ3) is 2.42. The highest BCUT2D eigenvalue weighted by Gasteiger charge is 2.28. The molecule has 4 nitrogen and oxygen atoms in total. The molecule has 4 heteroatoms. The summed E-state index contributed by atoms with van der Waals surface area (Å²) < 4.78 is 0. The summed E-state index contributed by atoms with van der Waals surface area (Å²) in [6, 6.07) is -0.428. The number of nitrogens with two attached hydrogens (primary N) is 1. The van der Waals surface area contributed by atoms with Crippen LogP contribution in [0.25, 0.3) is 0 Å². The molecule has 0 bridgehead atoms. The fourth-order valence-corrected chi connectivity index (χ4v) is 1.62. The zero-order valence-electron chi connectivity index (χ0n) is 8.23. The Morgan fingerprint density at radius 1 is 1.69 bits per heavy atom. The van der Waals surface area contributed by atoms with Crippen molar-refractivity contribution in [3.05, 3.63) is 0 Å². The molecular weight excluding hydrogens is 168 g/mol. The van der Waals surface area contributed by atoms with Crippen LogP contribution in [0.15, 0.2) is 0 Å². The summed E-state index contributed by atoms with van der Waals surface area (Å²) >= 11 is 0. The van der Waals surface area contributed by atoms with Gasteiger partial charge in [-0.3, -0.25) is 4.79 Å². The van der Waals surface area contributed by atoms with Gasteiger partial charge in [-0.15, -0.1) is 0 Å². The molecule has 1 heterocycles. The minimum absolute atomic E-state index is 0.0150. The van der Waals surface area contributed by atoms with E-state index >= 15 is 0 Å². The van der Waals surface area contributed by atoms with Gasteiger partial charge >= 0.3 is 0 Å². The first-order valence-electron chi connectivity index (χ1n) is 4.74. The van der Waals surface area contributed by atoms with Gasteiger partial charge in [-0.05, 0) is 19.3 Å². The topological polar surface area (TPSA) is 66.6 Å². The van der Waals surface area contributed by atoms with E-state index in [1.54, 1.807) is 11.8 Å². The Hall–Kier alpha value is -0.610. The Bertz CT molecular complexity index is 194. The van der Waals surface area contributed by atoms with Crippen LogP contribution >= 0.6 is 0 Å². The van der Waals surface area contributed by atoms with Gasteiger partial charge in [-0.25, -0.2) is 0 Å². The number of carbonyl (C=O) groups excluding carboxylic acids is 1. The molecule has 0 saturated carbocycles. The molecule has 1 aliphatic rings. The summed E-state index contributed by atoms with van der Waals surface area (Å²) in [5.74, 6) is 0.148. The van der Waals surface area contributed by atoms with Crippen LogP contribution in [0.5, 0.6) is 0 Å². The highest BCUT2D eigenvalue weighted by Crippen LogP contribution is 2.16. The van der Waals surface area contributed by atoms with Crippen LogP contribution in [0.3, 0.4) is 0 Å². The molecule has 3 atom stereocenters. The molecule has 0 spiro atoms. The fraction of sp³-hybridized carbons (Fsp3) is 0.889. The molecule has 0 radical (unpaired) electrons. The van der Waals surface area contributed by atoms with Crippen molar-refractivity contribution in [1.29, 1.82) is 0 Å². The molecule has 1 aliphatic heterocycles. The van der Waals surface area contributed by atoms with Crippen LogP contribution in [0.4, 0.5) is 0 Å². The molecule has 1 fully saturated rings. The van der Waals surface area contributed by atoms with E-state index in [2.05, 4.69) is 0 Å². The number of rotatable bonds is 1. The number of aliphatic hydroxyl groups is 1. The summed E-state index contributed by atoms with van der Waals surface area (Å²) in [7, 11) is 0. The minimum atomic E-state index is -0.428. The number of amides is 1. The predicted molar refractivity (Wildman–Crippen MR) is 50.0 cm³/mol. The largest absolute Gasteiger partial charge is 0.393 e. The van der Waals surface area contributed by atoms with Gasteiger partial charge in [-0.2, -0.15) is 0 Å². The molecule has 0 aliphatic carbocycles. The highest BCUT2D eigenvalue weighted by molar-refractivity contribution is 5.81. The number of nitrogens with zero attached hydrogens (tertiary/aromatic N) is 1. The van der Waals surface area contributed by atoms with Crippen molar-refractivity contribution in [1.82, 2.24) is 4.90 Å². The third-order valence-electron chi connectivity index (χ3n) is 2.56. The zero-order valence-corrected chi connectivity index (χ0v) is 8.23. The first kappa shape index (κ1) is 10.5. The van der Waals surface area contributed by atoms with Crippen LogP contribution in [-0.4, -0.2) is 41.1 Å². The molecule has 0 aromatic heterocycles. The Labute approximate surface area is 78.7 Å². The summed E-state index contributed by atoms with van der Waals surface area (Å²) in [4.78, 5) is 13.2. The summed E-state index contributed by atoms with van der Waals surface area (Å²) in [5.41, 5.74) is 5.49. The van der Waals surface area contributed by atoms with Crippen molar-refractivity contribution in [2.75, 3.05) is 13.1 Å². The monoisotopic (exact) mass is 186 g/mol. The van der Waals surface area contributed by atoms with Gasteiger partial charge in [-0.1, -0.05) is 6.92 Å². The lowest BCUT2D eigenvalue weighted by Gasteiger charge is -2.35. The van der Waals surface area contributed by atoms with Crippen molar-refractivity contribution in [2.45, 2.75) is 32.4 Å². The second-order valence-corrected chi connectivity index (χ2v) is 3.91. The van der Waals surface area contributed by atoms with E-state index in [0.29, 0.717) is 19.5 Å². The van der Waals surface area contributed by atoms with Crippen LogP contribution in [0, 0.1) is 5.92 Å². The van der Waals surface area contributed by atoms with Crippen molar-refractivity contribution in [3.8, 4) is 0 Å². The van der Waals surface area contributed by atoms with Crippen LogP contribution in [0.2, 0.25) is 0 Å². The number of carbonyl (C=O) groups is 1. The lowest BCUT2D eigenvalue weighted by Crippen LogP contribution is -2.49. The van der Waals surface area contributed by atoms with Crippen molar-refractivity contribution < 1.29 is 9.90 Å². The maximum absolute atomic E-state index is 11.5. The fourth-order valence-electron chi connectivity index (χ4n) is 1.62. The Morgan fingerprint density at radius 3 is 2.77 bits per heavy atom. The molecule has 2 unspecified atom stereocenters. The molecule has 1 rings (SSSR count). The molecule has 76 valence electrons. The quantitative estimate of drug-likeness (QED) is 0.583. The number of hydrogen-bond acceptors (Lipinski definition) is 3. The summed E-state index contributed by atoms with van der Waals surface area (Å²) in [5, 5.41) is 9.45. The minimum Gasteiger partial charge on any atom is -0.393 e. The maximum Gasteiger partial charge on any atom is 0.239 e. The van der Waals surface area contributed by atoms with Gasteiger partial charge in [0.05, 0.1) is 12.1 Å². The number of aliphatic hydroxyl groups excluding tert-OH is 1. The second kappa shape index (κ2) is 4.07. The van der Waals surface area contributed by atoms with Gasteiger partial charge in [0, 0.05) is 13.1 Å². The molecular formula is C9H18N2O2. The van der Waals surface area contributed by atoms with E-state index in [1.807, 2.05) is 6.92 Å². The lowest BCUT2D eigenvalue weighted by molar-refractivity contribution is -0.135. The smallest absolute Gasteiger partial charge is 0.239 e. The van der Waals surface area contributed by atoms with E-state index in [-0.39, 0.29) is 17.9 Å². The van der Waals surface area contributed by atoms with Crippen LogP contribution in [0.1, 0.15) is 20.3 Å². The standard InChI is InChI=1S/C9H18N2O2/c1-6-5-11(4-3-8(6)12)9(13)7(2)10/h6-8,12H,3-5,10H2,1-2H3/t6?,7-,8?/m0/s1. The van der Waals surface area contributed by atoms with Crippen molar-refractivity contribution in [3.63, 3.8) is 0 Å². The number of hydrogen-bond donors (Lipinski definition) is 2. The SMILES string of the molecule is CC1CN(C(=O)[C@H](C)N)CCC1O. The van der Waals surface area contributed by atoms with E-state index in [0.717, 1.165) is 0 Å². The van der Waals surface area contributed by atoms with Gasteiger partial charge < -0.3 is 15.7 Å². The molecule has 1 amide bonds. The molecule has 1 saturated heterocycles. The predicted octanol–water partition coefficient (Wildman–Crippen LogP) is -0.437. The molecule has 0 aromatic rings. The average molecular weight is 186 g/mol. The van der Waals surface area contributed by atoms with Gasteiger partial charge in [0.25, 0.3) is 0 Å². The number of piperidine rings is 1. The van der Waals surface area contributed by atoms with Gasteiger partial charge in [0.15, 0.2) is 0 Å². The van der Waals surface area contributed by atoms with E-state index in [4.69, 9.17) is 5.73 Å². The Balaban J connectivity index is 2.50. The van der Waals surface area contributed by atoms with Crippen LogP contribution < -0.4 is 5.73 Å². The van der Waals surface area contributed by atoms with E-state index < -0.39 is 6.04 Å². The molecule has 0 aromatic carbocycles. The van der Waals surface area contributed by atoms with Gasteiger partial charge in [0.1, 0.15) is 0 Å². The first-order chi connectivity index (χ1) is 6.02. The van der Waals surface area contributed by atoms with Gasteiger partial charge in [0.2, 0.25) is 5.91 Å². The zero-order chi connectivity index (χ0) is 10.0. The Kier molecular flexibility index (Phi) is 3.27. The normalized spacial score (nSPS) is 31.5. The maximum atomic E-state index is 11.5. The van der Waals surface area contributed by atoms with E-state index in [1.165, 1.54) is 0 Å². The van der Waals surface area contributed by atoms with Crippen LogP contribution in [-0.2, 0) is 4.79 Å². The lowest BCUT2D eigenvalue weighted by atomic mass is 9.96. The highest BCUT2D eigenvalue weighted by atomic mass is 16.3. The molecule has 13 heavy (non-hydrogen) atoms. The number of likely N-dealkylation sites (tertiary alicyclic amines) is 1. The van der Waals surface area contributed by atoms with Crippen molar-refractivity contribution >= 4 is 5.91 Å².